The van der Waals surface area contributed by atoms with E-state index in [9.17, 15) is 13.2 Å². The topological polar surface area (TPSA) is 54.5 Å². The fraction of sp³-hybridized carbons (Fsp3) is 0.923. The van der Waals surface area contributed by atoms with Crippen molar-refractivity contribution in [3.8, 4) is 0 Å². The predicted molar refractivity (Wildman–Crippen MR) is 75.5 cm³/mol. The fourth-order valence-corrected chi connectivity index (χ4v) is 4.60. The highest BCUT2D eigenvalue weighted by Crippen LogP contribution is 2.27. The maximum Gasteiger partial charge on any atom is 0.232 e. The van der Waals surface area contributed by atoms with Gasteiger partial charge in [-0.15, -0.1) is 0 Å². The highest BCUT2D eigenvalue weighted by molar-refractivity contribution is 8.13. The Morgan fingerprint density at radius 2 is 1.74 bits per heavy atom. The lowest BCUT2D eigenvalue weighted by molar-refractivity contribution is -0.128. The summed E-state index contributed by atoms with van der Waals surface area (Å²) in [5.74, 6) is 0.481. The summed E-state index contributed by atoms with van der Waals surface area (Å²) in [6.07, 6.45) is 7.84. The molecule has 1 aliphatic carbocycles. The van der Waals surface area contributed by atoms with E-state index in [-0.39, 0.29) is 17.6 Å². The van der Waals surface area contributed by atoms with Gasteiger partial charge in [-0.05, 0) is 18.8 Å². The summed E-state index contributed by atoms with van der Waals surface area (Å²) in [6.45, 7) is 1.36. The van der Waals surface area contributed by atoms with Crippen molar-refractivity contribution in [3.05, 3.63) is 0 Å². The van der Waals surface area contributed by atoms with Crippen molar-refractivity contribution >= 4 is 25.6 Å². The minimum atomic E-state index is -3.50. The lowest BCUT2D eigenvalue weighted by atomic mass is 10.00. The van der Waals surface area contributed by atoms with Crippen LogP contribution in [0.4, 0.5) is 0 Å². The quantitative estimate of drug-likeness (QED) is 0.592. The van der Waals surface area contributed by atoms with Crippen LogP contribution in [0.1, 0.15) is 44.9 Å². The first-order valence-corrected chi connectivity index (χ1v) is 9.62. The molecule has 1 amide bonds. The van der Waals surface area contributed by atoms with Crippen molar-refractivity contribution in [2.75, 3.05) is 18.8 Å². The molecule has 0 aromatic rings. The number of carbonyl (C=O) groups is 1. The molecular formula is C13H22ClNO3S. The fourth-order valence-electron chi connectivity index (χ4n) is 3.28. The first kappa shape index (κ1) is 15.1. The maximum absolute atomic E-state index is 11.9. The molecule has 4 nitrogen and oxygen atoms in total. The zero-order valence-corrected chi connectivity index (χ0v) is 12.8. The largest absolute Gasteiger partial charge is 0.342 e. The van der Waals surface area contributed by atoms with Crippen molar-refractivity contribution in [2.45, 2.75) is 44.9 Å². The molecule has 1 unspecified atom stereocenters. The van der Waals surface area contributed by atoms with Crippen LogP contribution in [0, 0.1) is 11.8 Å². The molecule has 0 aromatic heterocycles. The van der Waals surface area contributed by atoms with Gasteiger partial charge in [-0.2, -0.15) is 0 Å². The summed E-state index contributed by atoms with van der Waals surface area (Å²) >= 11 is 0. The molecule has 0 N–H and O–H groups in total. The summed E-state index contributed by atoms with van der Waals surface area (Å²) in [4.78, 5) is 13.8. The number of hydrogen-bond acceptors (Lipinski definition) is 3. The van der Waals surface area contributed by atoms with Crippen LogP contribution in [0.5, 0.6) is 0 Å². The van der Waals surface area contributed by atoms with E-state index >= 15 is 0 Å². The van der Waals surface area contributed by atoms with Gasteiger partial charge < -0.3 is 4.90 Å². The van der Waals surface area contributed by atoms with Crippen LogP contribution >= 0.6 is 10.7 Å². The smallest absolute Gasteiger partial charge is 0.232 e. The third-order valence-electron chi connectivity index (χ3n) is 4.18. The van der Waals surface area contributed by atoms with Crippen LogP contribution in [-0.2, 0) is 13.8 Å². The molecule has 2 rings (SSSR count). The first-order valence-electron chi connectivity index (χ1n) is 7.14. The molecule has 2 aliphatic rings. The van der Waals surface area contributed by atoms with Gasteiger partial charge in [0.05, 0.1) is 5.75 Å². The standard InChI is InChI=1S/C13H22ClNO3S/c14-19(17,18)10-12-7-13(16)15(9-12)8-11-5-3-1-2-4-6-11/h11-12H,1-10H2. The molecular weight excluding hydrogens is 286 g/mol. The summed E-state index contributed by atoms with van der Waals surface area (Å²) in [6, 6.07) is 0. The summed E-state index contributed by atoms with van der Waals surface area (Å²) in [5, 5.41) is 0. The van der Waals surface area contributed by atoms with E-state index in [1.54, 1.807) is 0 Å². The SMILES string of the molecule is O=C1CC(CS(=O)(=O)Cl)CN1CC1CCCCCC1. The minimum absolute atomic E-state index is 0.0819. The van der Waals surface area contributed by atoms with E-state index in [0.29, 0.717) is 18.9 Å². The molecule has 0 aromatic carbocycles. The molecule has 0 bridgehead atoms. The van der Waals surface area contributed by atoms with E-state index in [0.717, 1.165) is 6.54 Å². The third kappa shape index (κ3) is 4.95. The molecule has 1 heterocycles. The highest BCUT2D eigenvalue weighted by atomic mass is 35.7. The molecule has 1 atom stereocenters. The van der Waals surface area contributed by atoms with Crippen molar-refractivity contribution in [1.29, 1.82) is 0 Å². The number of halogens is 1. The number of carbonyl (C=O) groups excluding carboxylic acids is 1. The molecule has 19 heavy (non-hydrogen) atoms. The zero-order chi connectivity index (χ0) is 13.9. The Labute approximate surface area is 119 Å². The zero-order valence-electron chi connectivity index (χ0n) is 11.2. The molecule has 6 heteroatoms. The maximum atomic E-state index is 11.9. The summed E-state index contributed by atoms with van der Waals surface area (Å²) < 4.78 is 22.1. The second-order valence-corrected chi connectivity index (χ2v) is 8.75. The Kier molecular flexibility index (Phi) is 5.12. The van der Waals surface area contributed by atoms with E-state index in [1.165, 1.54) is 38.5 Å². The van der Waals surface area contributed by atoms with Crippen LogP contribution in [0.3, 0.4) is 0 Å². The Morgan fingerprint density at radius 1 is 1.11 bits per heavy atom. The highest BCUT2D eigenvalue weighted by Gasteiger charge is 2.33. The van der Waals surface area contributed by atoms with E-state index in [2.05, 4.69) is 0 Å². The van der Waals surface area contributed by atoms with Crippen molar-refractivity contribution in [1.82, 2.24) is 4.90 Å². The average Bonchev–Trinajstić information content (AvgIpc) is 2.52. The third-order valence-corrected chi connectivity index (χ3v) is 5.43. The lowest BCUT2D eigenvalue weighted by Gasteiger charge is -2.23. The van der Waals surface area contributed by atoms with Gasteiger partial charge in [-0.3, -0.25) is 4.79 Å². The van der Waals surface area contributed by atoms with Crippen LogP contribution < -0.4 is 0 Å². The monoisotopic (exact) mass is 307 g/mol. The predicted octanol–water partition coefficient (Wildman–Crippen LogP) is 2.37. The first-order chi connectivity index (χ1) is 8.94. The Balaban J connectivity index is 1.85. The lowest BCUT2D eigenvalue weighted by Crippen LogP contribution is -2.31. The molecule has 1 saturated heterocycles. The second-order valence-electron chi connectivity index (χ2n) is 5.93. The number of amides is 1. The van der Waals surface area contributed by atoms with Crippen molar-refractivity contribution in [2.24, 2.45) is 11.8 Å². The molecule has 0 radical (unpaired) electrons. The van der Waals surface area contributed by atoms with Gasteiger partial charge in [-0.1, -0.05) is 25.7 Å². The van der Waals surface area contributed by atoms with Gasteiger partial charge in [0.2, 0.25) is 15.0 Å². The van der Waals surface area contributed by atoms with Gasteiger partial charge >= 0.3 is 0 Å². The van der Waals surface area contributed by atoms with Crippen LogP contribution in [0.25, 0.3) is 0 Å². The van der Waals surface area contributed by atoms with Crippen LogP contribution in [-0.4, -0.2) is 38.1 Å². The normalized spacial score (nSPS) is 26.7. The van der Waals surface area contributed by atoms with Gasteiger partial charge in [0.1, 0.15) is 0 Å². The minimum Gasteiger partial charge on any atom is -0.342 e. The van der Waals surface area contributed by atoms with Crippen molar-refractivity contribution in [3.63, 3.8) is 0 Å². The van der Waals surface area contributed by atoms with E-state index in [1.807, 2.05) is 4.90 Å². The van der Waals surface area contributed by atoms with Crippen LogP contribution in [0.15, 0.2) is 0 Å². The van der Waals surface area contributed by atoms with Gasteiger partial charge in [0, 0.05) is 36.1 Å². The van der Waals surface area contributed by atoms with Gasteiger partial charge in [-0.25, -0.2) is 8.42 Å². The van der Waals surface area contributed by atoms with E-state index in [4.69, 9.17) is 10.7 Å². The number of nitrogens with zero attached hydrogens (tertiary/aromatic N) is 1. The van der Waals surface area contributed by atoms with Gasteiger partial charge in [0.15, 0.2) is 0 Å². The molecule has 1 aliphatic heterocycles. The Morgan fingerprint density at radius 3 is 2.32 bits per heavy atom. The molecule has 1 saturated carbocycles. The Bertz CT molecular complexity index is 416. The number of hydrogen-bond donors (Lipinski definition) is 0. The number of likely N-dealkylation sites (tertiary alicyclic amines) is 1. The molecule has 110 valence electrons. The summed E-state index contributed by atoms with van der Waals surface area (Å²) in [7, 11) is 1.76. The number of rotatable bonds is 4. The van der Waals surface area contributed by atoms with Crippen LogP contribution in [0.2, 0.25) is 0 Å². The average molecular weight is 308 g/mol. The van der Waals surface area contributed by atoms with E-state index < -0.39 is 9.05 Å². The van der Waals surface area contributed by atoms with Crippen molar-refractivity contribution < 1.29 is 13.2 Å². The van der Waals surface area contributed by atoms with Gasteiger partial charge in [0.25, 0.3) is 0 Å². The molecule has 0 spiro atoms. The molecule has 2 fully saturated rings. The Hall–Kier alpha value is -0.290. The summed E-state index contributed by atoms with van der Waals surface area (Å²) in [5.41, 5.74) is 0. The second kappa shape index (κ2) is 6.44.